The highest BCUT2D eigenvalue weighted by Gasteiger charge is 2.31. The molecule has 2 aliphatic rings. The Morgan fingerprint density at radius 1 is 0.744 bits per heavy atom. The maximum absolute atomic E-state index is 11.8. The molecule has 0 unspecified atom stereocenters. The van der Waals surface area contributed by atoms with Gasteiger partial charge < -0.3 is 9.67 Å². The van der Waals surface area contributed by atoms with Crippen LogP contribution in [0.25, 0.3) is 33.3 Å². The first-order valence-corrected chi connectivity index (χ1v) is 15.4. The Bertz CT molecular complexity index is 1330. The summed E-state index contributed by atoms with van der Waals surface area (Å²) in [5, 5.41) is 13.1. The zero-order valence-electron chi connectivity index (χ0n) is 23.6. The number of aromatic nitrogens is 1. The second kappa shape index (κ2) is 12.1. The molecule has 0 spiro atoms. The lowest BCUT2D eigenvalue weighted by Crippen LogP contribution is -2.49. The highest BCUT2D eigenvalue weighted by Crippen LogP contribution is 2.41. The number of hydrogen-bond donors (Lipinski definition) is 1. The van der Waals surface area contributed by atoms with Gasteiger partial charge in [0.2, 0.25) is 0 Å². The molecule has 3 heteroatoms. The molecule has 2 saturated carbocycles. The molecule has 4 aromatic rings. The van der Waals surface area contributed by atoms with Gasteiger partial charge in [-0.15, -0.1) is 0 Å². The molecule has 1 N–H and O–H groups in total. The Labute approximate surface area is 234 Å². The number of aliphatic hydroxyl groups is 1. The van der Waals surface area contributed by atoms with Crippen LogP contribution in [0.2, 0.25) is 0 Å². The number of nitrogens with zero attached hydrogens (tertiary/aromatic N) is 2. The summed E-state index contributed by atoms with van der Waals surface area (Å²) >= 11 is 0. The van der Waals surface area contributed by atoms with Gasteiger partial charge in [0.25, 0.3) is 0 Å². The lowest BCUT2D eigenvalue weighted by Gasteiger charge is -2.42. The standard InChI is InChI=1S/C36H44N2O/c1-27-22-23-34-33(24-27)35(28-14-6-2-7-15-28)36(29-16-8-3-9-17-29)38(34)26-32(39)25-37(30-18-10-4-11-19-30)31-20-12-5-13-21-31/h2-3,6-9,14-17,22-24,30-32,39H,4-5,10-13,18-21,25-26H2,1H3/t32-/m0/s1. The van der Waals surface area contributed by atoms with Crippen LogP contribution in [0.1, 0.15) is 69.8 Å². The SMILES string of the molecule is Cc1ccc2c(c1)c(-c1ccccc1)c(-c1ccccc1)n2C[C@@H](O)CN(C1CCCCC1)C1CCCCC1. The van der Waals surface area contributed by atoms with Gasteiger partial charge in [0.05, 0.1) is 18.3 Å². The molecule has 0 amide bonds. The third-order valence-corrected chi connectivity index (χ3v) is 9.23. The number of aryl methyl sites for hydroxylation is 1. The van der Waals surface area contributed by atoms with Crippen LogP contribution in [-0.2, 0) is 6.54 Å². The van der Waals surface area contributed by atoms with Crippen molar-refractivity contribution < 1.29 is 5.11 Å². The van der Waals surface area contributed by atoms with Crippen LogP contribution >= 0.6 is 0 Å². The normalized spacial score (nSPS) is 18.1. The first-order valence-electron chi connectivity index (χ1n) is 15.4. The Hall–Kier alpha value is -2.88. The van der Waals surface area contributed by atoms with Gasteiger partial charge in [-0.25, -0.2) is 0 Å². The summed E-state index contributed by atoms with van der Waals surface area (Å²) in [6, 6.07) is 29.6. The average Bonchev–Trinajstić information content (AvgIpc) is 3.30. The fourth-order valence-corrected chi connectivity index (χ4v) is 7.38. The lowest BCUT2D eigenvalue weighted by molar-refractivity contribution is 0.0240. The molecule has 0 aliphatic heterocycles. The van der Waals surface area contributed by atoms with Crippen LogP contribution in [-0.4, -0.2) is 39.3 Å². The number of fused-ring (bicyclic) bond motifs is 1. The van der Waals surface area contributed by atoms with Gasteiger partial charge in [-0.3, -0.25) is 4.90 Å². The third kappa shape index (κ3) is 5.71. The summed E-state index contributed by atoms with van der Waals surface area (Å²) in [6.07, 6.45) is 12.8. The van der Waals surface area contributed by atoms with E-state index in [9.17, 15) is 5.11 Å². The zero-order valence-corrected chi connectivity index (χ0v) is 23.6. The summed E-state index contributed by atoms with van der Waals surface area (Å²) < 4.78 is 2.41. The van der Waals surface area contributed by atoms with Crippen molar-refractivity contribution >= 4 is 10.9 Å². The minimum absolute atomic E-state index is 0.420. The number of rotatable bonds is 8. The van der Waals surface area contributed by atoms with Gasteiger partial charge in [-0.2, -0.15) is 0 Å². The van der Waals surface area contributed by atoms with Crippen LogP contribution in [0.15, 0.2) is 78.9 Å². The van der Waals surface area contributed by atoms with E-state index >= 15 is 0 Å². The molecular formula is C36H44N2O. The van der Waals surface area contributed by atoms with E-state index in [1.54, 1.807) is 0 Å². The highest BCUT2D eigenvalue weighted by atomic mass is 16.3. The summed E-state index contributed by atoms with van der Waals surface area (Å²) in [4.78, 5) is 2.75. The topological polar surface area (TPSA) is 28.4 Å². The fraction of sp³-hybridized carbons (Fsp3) is 0.444. The molecule has 6 rings (SSSR count). The van der Waals surface area contributed by atoms with Crippen LogP contribution in [0.4, 0.5) is 0 Å². The van der Waals surface area contributed by atoms with E-state index in [-0.39, 0.29) is 0 Å². The van der Waals surface area contributed by atoms with Crippen molar-refractivity contribution in [3.05, 3.63) is 84.4 Å². The molecule has 1 heterocycles. The van der Waals surface area contributed by atoms with Gasteiger partial charge in [0.15, 0.2) is 0 Å². The van der Waals surface area contributed by atoms with Gasteiger partial charge in [-0.05, 0) is 55.9 Å². The zero-order chi connectivity index (χ0) is 26.6. The van der Waals surface area contributed by atoms with Crippen molar-refractivity contribution in [3.8, 4) is 22.4 Å². The predicted molar refractivity (Wildman–Crippen MR) is 164 cm³/mol. The lowest BCUT2D eigenvalue weighted by atomic mass is 9.88. The second-order valence-electron chi connectivity index (χ2n) is 12.0. The summed E-state index contributed by atoms with van der Waals surface area (Å²) in [5.41, 5.74) is 7.38. The van der Waals surface area contributed by atoms with Crippen LogP contribution < -0.4 is 0 Å². The van der Waals surface area contributed by atoms with Crippen LogP contribution in [0.3, 0.4) is 0 Å². The van der Waals surface area contributed by atoms with E-state index in [1.807, 2.05) is 0 Å². The second-order valence-corrected chi connectivity index (χ2v) is 12.0. The minimum Gasteiger partial charge on any atom is -0.390 e. The Morgan fingerprint density at radius 3 is 1.90 bits per heavy atom. The first-order chi connectivity index (χ1) is 19.2. The monoisotopic (exact) mass is 520 g/mol. The van der Waals surface area contributed by atoms with E-state index in [1.165, 1.54) is 103 Å². The molecule has 3 nitrogen and oxygen atoms in total. The van der Waals surface area contributed by atoms with E-state index in [4.69, 9.17) is 0 Å². The molecule has 2 fully saturated rings. The molecular weight excluding hydrogens is 476 g/mol. The number of aliphatic hydroxyl groups excluding tert-OH is 1. The van der Waals surface area contributed by atoms with E-state index in [2.05, 4.69) is 95.3 Å². The van der Waals surface area contributed by atoms with Gasteiger partial charge >= 0.3 is 0 Å². The number of hydrogen-bond acceptors (Lipinski definition) is 2. The molecule has 3 aromatic carbocycles. The van der Waals surface area contributed by atoms with Crippen molar-refractivity contribution in [1.29, 1.82) is 0 Å². The van der Waals surface area contributed by atoms with Crippen molar-refractivity contribution in [2.45, 2.75) is 95.9 Å². The third-order valence-electron chi connectivity index (χ3n) is 9.23. The van der Waals surface area contributed by atoms with E-state index in [0.29, 0.717) is 18.6 Å². The van der Waals surface area contributed by atoms with Gasteiger partial charge in [0, 0.05) is 35.1 Å². The quantitative estimate of drug-likeness (QED) is 0.252. The molecule has 1 aromatic heterocycles. The predicted octanol–water partition coefficient (Wildman–Crippen LogP) is 8.61. The Balaban J connectivity index is 1.41. The molecule has 0 radical (unpaired) electrons. The number of benzene rings is 3. The molecule has 2 aliphatic carbocycles. The van der Waals surface area contributed by atoms with Crippen LogP contribution in [0.5, 0.6) is 0 Å². The van der Waals surface area contributed by atoms with Crippen molar-refractivity contribution in [2.75, 3.05) is 6.54 Å². The maximum Gasteiger partial charge on any atom is 0.0846 e. The Morgan fingerprint density at radius 2 is 1.31 bits per heavy atom. The minimum atomic E-state index is -0.420. The summed E-state index contributed by atoms with van der Waals surface area (Å²) in [5.74, 6) is 0. The molecule has 204 valence electrons. The summed E-state index contributed by atoms with van der Waals surface area (Å²) in [6.45, 7) is 3.55. The smallest absolute Gasteiger partial charge is 0.0846 e. The molecule has 0 bridgehead atoms. The van der Waals surface area contributed by atoms with Gasteiger partial charge in [0.1, 0.15) is 0 Å². The van der Waals surface area contributed by atoms with Crippen molar-refractivity contribution in [1.82, 2.24) is 9.47 Å². The summed E-state index contributed by atoms with van der Waals surface area (Å²) in [7, 11) is 0. The largest absolute Gasteiger partial charge is 0.390 e. The van der Waals surface area contributed by atoms with E-state index < -0.39 is 6.10 Å². The first kappa shape index (κ1) is 26.3. The Kier molecular flexibility index (Phi) is 8.18. The average molecular weight is 521 g/mol. The molecule has 39 heavy (non-hydrogen) atoms. The highest BCUT2D eigenvalue weighted by molar-refractivity contribution is 6.04. The van der Waals surface area contributed by atoms with Crippen molar-refractivity contribution in [3.63, 3.8) is 0 Å². The van der Waals surface area contributed by atoms with E-state index in [0.717, 1.165) is 6.54 Å². The molecule has 0 saturated heterocycles. The van der Waals surface area contributed by atoms with Gasteiger partial charge in [-0.1, -0.05) is 111 Å². The fourth-order valence-electron chi connectivity index (χ4n) is 7.38. The maximum atomic E-state index is 11.8. The van der Waals surface area contributed by atoms with Crippen molar-refractivity contribution in [2.24, 2.45) is 0 Å². The molecule has 1 atom stereocenters. The van der Waals surface area contributed by atoms with Crippen LogP contribution in [0, 0.1) is 6.92 Å².